The summed E-state index contributed by atoms with van der Waals surface area (Å²) >= 11 is 5.94. The van der Waals surface area contributed by atoms with Gasteiger partial charge < -0.3 is 15.0 Å². The summed E-state index contributed by atoms with van der Waals surface area (Å²) in [5.41, 5.74) is 1.66. The number of nitrogens with one attached hydrogen (secondary N) is 1. The van der Waals surface area contributed by atoms with Crippen LogP contribution in [0.4, 0.5) is 19.0 Å². The Balaban J connectivity index is 1.38. The molecule has 2 aromatic carbocycles. The third-order valence-corrected chi connectivity index (χ3v) is 8.51. The predicted molar refractivity (Wildman–Crippen MR) is 144 cm³/mol. The maximum absolute atomic E-state index is 13.6. The summed E-state index contributed by atoms with van der Waals surface area (Å²) in [5.74, 6) is -0.533. The quantitative estimate of drug-likeness (QED) is 0.338. The van der Waals surface area contributed by atoms with Gasteiger partial charge in [0.05, 0.1) is 22.8 Å². The molecule has 1 atom stereocenters. The van der Waals surface area contributed by atoms with Gasteiger partial charge in [-0.2, -0.15) is 4.31 Å². The molecule has 1 aliphatic rings. The number of rotatable bonds is 7. The van der Waals surface area contributed by atoms with Crippen LogP contribution in [0.1, 0.15) is 5.56 Å². The molecule has 41 heavy (non-hydrogen) atoms. The molecule has 1 aliphatic heterocycles. The van der Waals surface area contributed by atoms with Crippen LogP contribution in [0.2, 0.25) is 5.02 Å². The number of nitrogens with zero attached hydrogens (tertiary/aromatic N) is 5. The van der Waals surface area contributed by atoms with Gasteiger partial charge in [0.15, 0.2) is 0 Å². The average molecular weight is 607 g/mol. The molecule has 3 heterocycles. The first-order valence-corrected chi connectivity index (χ1v) is 14.0. The molecule has 4 aromatic rings. The Bertz CT molecular complexity index is 1660. The van der Waals surface area contributed by atoms with Crippen LogP contribution in [0, 0.1) is 0 Å². The number of carbonyl (C=O) groups is 1. The van der Waals surface area contributed by atoms with Crippen molar-refractivity contribution in [1.82, 2.24) is 24.6 Å². The number of sulfonamides is 1. The third-order valence-electron chi connectivity index (χ3n) is 6.33. The van der Waals surface area contributed by atoms with E-state index in [2.05, 4.69) is 25.0 Å². The van der Waals surface area contributed by atoms with E-state index in [-0.39, 0.29) is 31.1 Å². The fraction of sp³-hybridized carbons (Fsp3) is 0.231. The highest BCUT2D eigenvalue weighted by Gasteiger charge is 2.40. The summed E-state index contributed by atoms with van der Waals surface area (Å²) in [5, 5.41) is 3.06. The zero-order valence-electron chi connectivity index (χ0n) is 21.1. The first-order valence-electron chi connectivity index (χ1n) is 12.2. The number of carbonyl (C=O) groups excluding carboxylic acids is 1. The van der Waals surface area contributed by atoms with Crippen molar-refractivity contribution in [1.29, 1.82) is 0 Å². The van der Waals surface area contributed by atoms with Gasteiger partial charge in [0, 0.05) is 37.4 Å². The number of piperazine rings is 1. The topological polar surface area (TPSA) is 118 Å². The minimum atomic E-state index is -4.83. The Morgan fingerprint density at radius 1 is 1.02 bits per heavy atom. The van der Waals surface area contributed by atoms with Crippen LogP contribution < -0.4 is 15.0 Å². The van der Waals surface area contributed by atoms with Gasteiger partial charge in [-0.3, -0.25) is 9.78 Å². The maximum atomic E-state index is 13.6. The van der Waals surface area contributed by atoms with E-state index in [1.165, 1.54) is 42.6 Å². The second-order valence-electron chi connectivity index (χ2n) is 9.03. The lowest BCUT2D eigenvalue weighted by Crippen LogP contribution is -2.60. The zero-order chi connectivity index (χ0) is 29.2. The molecule has 1 N–H and O–H groups in total. The van der Waals surface area contributed by atoms with Gasteiger partial charge in [-0.05, 0) is 48.0 Å². The van der Waals surface area contributed by atoms with E-state index < -0.39 is 34.1 Å². The van der Waals surface area contributed by atoms with E-state index in [0.717, 1.165) is 16.4 Å². The molecule has 1 saturated heterocycles. The predicted octanol–water partition coefficient (Wildman–Crippen LogP) is 3.77. The minimum absolute atomic E-state index is 0.0219. The van der Waals surface area contributed by atoms with E-state index in [1.807, 2.05) is 0 Å². The molecule has 1 fully saturated rings. The van der Waals surface area contributed by atoms with Gasteiger partial charge >= 0.3 is 6.36 Å². The maximum Gasteiger partial charge on any atom is 0.573 e. The Labute approximate surface area is 237 Å². The van der Waals surface area contributed by atoms with Gasteiger partial charge in [-0.15, -0.1) is 13.2 Å². The van der Waals surface area contributed by atoms with Crippen LogP contribution in [-0.2, 0) is 21.4 Å². The summed E-state index contributed by atoms with van der Waals surface area (Å²) < 4.78 is 69.6. The number of alkyl halides is 3. The van der Waals surface area contributed by atoms with E-state index in [1.54, 1.807) is 23.4 Å². The monoisotopic (exact) mass is 606 g/mol. The van der Waals surface area contributed by atoms with E-state index >= 15 is 0 Å². The number of hydrogen-bond acceptors (Lipinski definition) is 8. The molecular formula is C26H22ClF3N6O4S. The van der Waals surface area contributed by atoms with Crippen molar-refractivity contribution in [2.45, 2.75) is 23.8 Å². The van der Waals surface area contributed by atoms with Crippen LogP contribution in [-0.4, -0.2) is 65.6 Å². The number of aromatic nitrogens is 3. The number of hydrogen-bond donors (Lipinski definition) is 1. The molecule has 214 valence electrons. The smallest absolute Gasteiger partial charge is 0.406 e. The van der Waals surface area contributed by atoms with Gasteiger partial charge in [-0.1, -0.05) is 23.7 Å². The van der Waals surface area contributed by atoms with Crippen LogP contribution in [0.3, 0.4) is 0 Å². The minimum Gasteiger partial charge on any atom is -0.406 e. The van der Waals surface area contributed by atoms with Crippen molar-refractivity contribution < 1.29 is 31.1 Å². The van der Waals surface area contributed by atoms with Crippen molar-refractivity contribution in [2.24, 2.45) is 0 Å². The van der Waals surface area contributed by atoms with Gasteiger partial charge in [0.2, 0.25) is 15.9 Å². The molecule has 0 aliphatic carbocycles. The molecule has 5 rings (SSSR count). The number of amides is 1. The molecular weight excluding hydrogens is 585 g/mol. The molecule has 1 amide bonds. The lowest BCUT2D eigenvalue weighted by molar-refractivity contribution is -0.274. The average Bonchev–Trinajstić information content (AvgIpc) is 2.95. The van der Waals surface area contributed by atoms with Crippen molar-refractivity contribution in [3.05, 3.63) is 83.8 Å². The molecule has 15 heteroatoms. The number of fused-ring (bicyclic) bond motifs is 1. The Hall–Kier alpha value is -4.01. The van der Waals surface area contributed by atoms with Gasteiger partial charge in [0.1, 0.15) is 23.1 Å². The fourth-order valence-corrected chi connectivity index (χ4v) is 6.03. The normalized spacial score (nSPS) is 16.5. The van der Waals surface area contributed by atoms with Crippen molar-refractivity contribution in [3.8, 4) is 5.75 Å². The highest BCUT2D eigenvalue weighted by Crippen LogP contribution is 2.26. The fourth-order valence-electron chi connectivity index (χ4n) is 4.34. The summed E-state index contributed by atoms with van der Waals surface area (Å²) in [6.07, 6.45) is -0.142. The van der Waals surface area contributed by atoms with Crippen molar-refractivity contribution >= 4 is 44.4 Å². The second-order valence-corrected chi connectivity index (χ2v) is 11.4. The van der Waals surface area contributed by atoms with Crippen LogP contribution in [0.25, 0.3) is 11.0 Å². The Morgan fingerprint density at radius 2 is 1.76 bits per heavy atom. The van der Waals surface area contributed by atoms with Crippen molar-refractivity contribution in [2.75, 3.05) is 24.5 Å². The summed E-state index contributed by atoms with van der Waals surface area (Å²) in [6.45, 7) is 0.132. The first-order chi connectivity index (χ1) is 19.5. The molecule has 0 radical (unpaired) electrons. The lowest BCUT2D eigenvalue weighted by Gasteiger charge is -2.40. The Morgan fingerprint density at radius 3 is 2.46 bits per heavy atom. The number of halogens is 4. The van der Waals surface area contributed by atoms with Crippen LogP contribution in [0.15, 0.2) is 78.1 Å². The largest absolute Gasteiger partial charge is 0.573 e. The number of anilines is 1. The molecule has 0 spiro atoms. The highest BCUT2D eigenvalue weighted by atomic mass is 35.5. The molecule has 2 aromatic heterocycles. The molecule has 0 unspecified atom stereocenters. The number of benzene rings is 2. The van der Waals surface area contributed by atoms with Crippen LogP contribution >= 0.6 is 11.6 Å². The zero-order valence-corrected chi connectivity index (χ0v) is 22.7. The molecule has 0 saturated carbocycles. The SMILES string of the molecule is O=C(NCc1ccc(OC(F)(F)F)cc1)[C@H]1CN(c2cnc3cnccc3n2)CCN1S(=O)(=O)c1ccc(Cl)cc1. The highest BCUT2D eigenvalue weighted by molar-refractivity contribution is 7.89. The van der Waals surface area contributed by atoms with E-state index in [0.29, 0.717) is 27.4 Å². The van der Waals surface area contributed by atoms with Gasteiger partial charge in [0.25, 0.3) is 0 Å². The number of ether oxygens (including phenoxy) is 1. The Kier molecular flexibility index (Phi) is 7.98. The second kappa shape index (κ2) is 11.5. The lowest BCUT2D eigenvalue weighted by atomic mass is 10.1. The number of pyridine rings is 1. The summed E-state index contributed by atoms with van der Waals surface area (Å²) in [6, 6.07) is 11.2. The van der Waals surface area contributed by atoms with E-state index in [4.69, 9.17) is 11.6 Å². The molecule has 0 bridgehead atoms. The summed E-state index contributed by atoms with van der Waals surface area (Å²) in [7, 11) is -4.10. The third kappa shape index (κ3) is 6.66. The first kappa shape index (κ1) is 28.5. The standard InChI is InChI=1S/C26H22ClF3N6O4S/c27-18-3-7-20(8-4-18)41(38,39)36-12-11-35(24-15-32-22-14-31-10-9-21(22)34-24)16-23(36)25(37)33-13-17-1-5-19(6-2-17)40-26(28,29)30/h1-10,14-15,23H,11-13,16H2,(H,33,37)/t23-/m1/s1. The van der Waals surface area contributed by atoms with Crippen molar-refractivity contribution in [3.63, 3.8) is 0 Å². The van der Waals surface area contributed by atoms with Crippen LogP contribution in [0.5, 0.6) is 5.75 Å². The molecule has 10 nitrogen and oxygen atoms in total. The van der Waals surface area contributed by atoms with Gasteiger partial charge in [-0.25, -0.2) is 18.4 Å². The summed E-state index contributed by atoms with van der Waals surface area (Å²) in [4.78, 5) is 28.2. The van der Waals surface area contributed by atoms with E-state index in [9.17, 15) is 26.4 Å².